The van der Waals surface area contributed by atoms with Crippen molar-refractivity contribution in [3.63, 3.8) is 0 Å². The van der Waals surface area contributed by atoms with Crippen LogP contribution in [-0.2, 0) is 16.6 Å². The summed E-state index contributed by atoms with van der Waals surface area (Å²) < 4.78 is 39.5. The summed E-state index contributed by atoms with van der Waals surface area (Å²) in [7, 11) is -3.72. The Morgan fingerprint density at radius 2 is 2.11 bits per heavy atom. The van der Waals surface area contributed by atoms with Gasteiger partial charge in [0, 0.05) is 18.7 Å². The highest BCUT2D eigenvalue weighted by Crippen LogP contribution is 2.21. The second-order valence-electron chi connectivity index (χ2n) is 4.05. The minimum absolute atomic E-state index is 0.0175. The second kappa shape index (κ2) is 6.15. The molecule has 0 radical (unpaired) electrons. The van der Waals surface area contributed by atoms with Gasteiger partial charge in [0.1, 0.15) is 5.82 Å². The predicted molar refractivity (Wildman–Crippen MR) is 72.3 cm³/mol. The van der Waals surface area contributed by atoms with Gasteiger partial charge in [0.2, 0.25) is 10.0 Å². The molecule has 0 spiro atoms. The highest BCUT2D eigenvalue weighted by Gasteiger charge is 2.24. The molecule has 0 aliphatic carbocycles. The van der Waals surface area contributed by atoms with E-state index in [4.69, 9.17) is 12.2 Å². The zero-order valence-electron chi connectivity index (χ0n) is 11.0. The first kappa shape index (κ1) is 15.6. The highest BCUT2D eigenvalue weighted by atomic mass is 32.2. The zero-order chi connectivity index (χ0) is 14.6. The fraction of sp³-hybridized carbons (Fsp3) is 0.385. The monoisotopic (exact) mass is 284 g/mol. The molecule has 0 aliphatic heterocycles. The molecule has 6 heteroatoms. The quantitative estimate of drug-likeness (QED) is 0.827. The third-order valence-electron chi connectivity index (χ3n) is 2.78. The summed E-state index contributed by atoms with van der Waals surface area (Å²) in [6.45, 7) is 3.37. The standard InChI is InChI=1S/C13H17FN2O2S/c1-4-6-16(5-2)19(17,18)12-7-10(3)13(14)11(8-12)9-15/h1,7-8H,5-6,9,15H2,2-3H3. The average molecular weight is 284 g/mol. The third-order valence-corrected chi connectivity index (χ3v) is 4.68. The lowest BCUT2D eigenvalue weighted by atomic mass is 10.1. The summed E-state index contributed by atoms with van der Waals surface area (Å²) in [5.74, 6) is 1.83. The van der Waals surface area contributed by atoms with Gasteiger partial charge in [0.05, 0.1) is 11.4 Å². The number of halogens is 1. The van der Waals surface area contributed by atoms with Crippen molar-refractivity contribution >= 4 is 10.0 Å². The number of benzene rings is 1. The summed E-state index contributed by atoms with van der Waals surface area (Å²) in [4.78, 5) is 0.0175. The number of aryl methyl sites for hydroxylation is 1. The van der Waals surface area contributed by atoms with Crippen LogP contribution >= 0.6 is 0 Å². The van der Waals surface area contributed by atoms with Gasteiger partial charge < -0.3 is 5.73 Å². The number of nitrogens with zero attached hydrogens (tertiary/aromatic N) is 1. The van der Waals surface area contributed by atoms with Gasteiger partial charge in [0.25, 0.3) is 0 Å². The van der Waals surface area contributed by atoms with Crippen molar-refractivity contribution in [2.75, 3.05) is 13.1 Å². The van der Waals surface area contributed by atoms with Gasteiger partial charge in [-0.1, -0.05) is 12.8 Å². The van der Waals surface area contributed by atoms with E-state index in [1.807, 2.05) is 0 Å². The Morgan fingerprint density at radius 1 is 1.47 bits per heavy atom. The number of rotatable bonds is 5. The fourth-order valence-electron chi connectivity index (χ4n) is 1.72. The first-order valence-corrected chi connectivity index (χ1v) is 7.25. The van der Waals surface area contributed by atoms with E-state index >= 15 is 0 Å². The van der Waals surface area contributed by atoms with Gasteiger partial charge in [0.15, 0.2) is 0 Å². The molecular weight excluding hydrogens is 267 g/mol. The van der Waals surface area contributed by atoms with Crippen molar-refractivity contribution in [2.24, 2.45) is 5.73 Å². The van der Waals surface area contributed by atoms with E-state index < -0.39 is 15.8 Å². The number of hydrogen-bond acceptors (Lipinski definition) is 3. The number of hydrogen-bond donors (Lipinski definition) is 1. The first-order valence-electron chi connectivity index (χ1n) is 5.81. The summed E-state index contributed by atoms with van der Waals surface area (Å²) >= 11 is 0. The van der Waals surface area contributed by atoms with Crippen LogP contribution in [0.15, 0.2) is 17.0 Å². The Hall–Kier alpha value is -1.42. The Balaban J connectivity index is 3.37. The largest absolute Gasteiger partial charge is 0.326 e. The number of nitrogens with two attached hydrogens (primary N) is 1. The van der Waals surface area contributed by atoms with Crippen molar-refractivity contribution in [2.45, 2.75) is 25.3 Å². The highest BCUT2D eigenvalue weighted by molar-refractivity contribution is 7.89. The molecule has 0 saturated carbocycles. The zero-order valence-corrected chi connectivity index (χ0v) is 11.8. The van der Waals surface area contributed by atoms with E-state index in [2.05, 4.69) is 5.92 Å². The smallest absolute Gasteiger partial charge is 0.243 e. The van der Waals surface area contributed by atoms with Crippen LogP contribution in [0.4, 0.5) is 4.39 Å². The molecule has 0 fully saturated rings. The van der Waals surface area contributed by atoms with Crippen LogP contribution in [0.5, 0.6) is 0 Å². The van der Waals surface area contributed by atoms with Gasteiger partial charge in [-0.25, -0.2) is 12.8 Å². The molecule has 4 nitrogen and oxygen atoms in total. The van der Waals surface area contributed by atoms with Crippen LogP contribution in [0.25, 0.3) is 0 Å². The lowest BCUT2D eigenvalue weighted by molar-refractivity contribution is 0.463. The second-order valence-corrected chi connectivity index (χ2v) is 5.99. The van der Waals surface area contributed by atoms with Crippen LogP contribution in [0.1, 0.15) is 18.1 Å². The van der Waals surface area contributed by atoms with Crippen molar-refractivity contribution in [3.8, 4) is 12.3 Å². The molecule has 0 bridgehead atoms. The van der Waals surface area contributed by atoms with Gasteiger partial charge >= 0.3 is 0 Å². The summed E-state index contributed by atoms with van der Waals surface area (Å²) in [5.41, 5.74) is 5.84. The molecule has 0 heterocycles. The first-order chi connectivity index (χ1) is 8.88. The van der Waals surface area contributed by atoms with Gasteiger partial charge in [-0.15, -0.1) is 6.42 Å². The molecule has 0 aliphatic rings. The maximum atomic E-state index is 13.7. The molecule has 0 saturated heterocycles. The Bertz CT molecular complexity index is 606. The van der Waals surface area contributed by atoms with Gasteiger partial charge in [-0.2, -0.15) is 4.31 Å². The van der Waals surface area contributed by atoms with Crippen molar-refractivity contribution < 1.29 is 12.8 Å². The minimum atomic E-state index is -3.72. The van der Waals surface area contributed by atoms with E-state index in [0.717, 1.165) is 4.31 Å². The van der Waals surface area contributed by atoms with E-state index in [9.17, 15) is 12.8 Å². The normalized spacial score (nSPS) is 11.6. The molecule has 0 atom stereocenters. The Labute approximate surface area is 113 Å². The Morgan fingerprint density at radius 3 is 2.58 bits per heavy atom. The van der Waals surface area contributed by atoms with Crippen LogP contribution in [0, 0.1) is 25.1 Å². The van der Waals surface area contributed by atoms with Crippen molar-refractivity contribution in [3.05, 3.63) is 29.1 Å². The summed E-state index contributed by atoms with van der Waals surface area (Å²) in [6.07, 6.45) is 5.15. The molecule has 1 aromatic carbocycles. The lowest BCUT2D eigenvalue weighted by Crippen LogP contribution is -2.31. The van der Waals surface area contributed by atoms with Crippen molar-refractivity contribution in [1.29, 1.82) is 0 Å². The Kier molecular flexibility index (Phi) is 5.06. The van der Waals surface area contributed by atoms with Gasteiger partial charge in [-0.05, 0) is 24.6 Å². The topological polar surface area (TPSA) is 63.4 Å². The molecular formula is C13H17FN2O2S. The fourth-order valence-corrected chi connectivity index (χ4v) is 3.22. The molecule has 0 aromatic heterocycles. The molecule has 104 valence electrons. The molecule has 19 heavy (non-hydrogen) atoms. The molecule has 0 unspecified atom stereocenters. The summed E-state index contributed by atoms with van der Waals surface area (Å²) in [5, 5.41) is 0. The lowest BCUT2D eigenvalue weighted by Gasteiger charge is -2.19. The minimum Gasteiger partial charge on any atom is -0.326 e. The number of terminal acetylenes is 1. The third kappa shape index (κ3) is 3.13. The maximum Gasteiger partial charge on any atom is 0.243 e. The van der Waals surface area contributed by atoms with Gasteiger partial charge in [-0.3, -0.25) is 0 Å². The van der Waals surface area contributed by atoms with Crippen LogP contribution in [0.3, 0.4) is 0 Å². The number of sulfonamides is 1. The van der Waals surface area contributed by atoms with Crippen molar-refractivity contribution in [1.82, 2.24) is 4.31 Å². The van der Waals surface area contributed by atoms with Crippen LogP contribution in [-0.4, -0.2) is 25.8 Å². The SMILES string of the molecule is C#CCN(CC)S(=O)(=O)c1cc(C)c(F)c(CN)c1. The molecule has 2 N–H and O–H groups in total. The van der Waals surface area contributed by atoms with Crippen LogP contribution in [0.2, 0.25) is 0 Å². The molecule has 1 rings (SSSR count). The van der Waals surface area contributed by atoms with E-state index in [0.29, 0.717) is 0 Å². The average Bonchev–Trinajstić information content (AvgIpc) is 2.38. The summed E-state index contributed by atoms with van der Waals surface area (Å²) in [6, 6.07) is 2.56. The van der Waals surface area contributed by atoms with E-state index in [-0.39, 0.29) is 35.7 Å². The maximum absolute atomic E-state index is 13.7. The van der Waals surface area contributed by atoms with E-state index in [1.165, 1.54) is 19.1 Å². The molecule has 0 amide bonds. The predicted octanol–water partition coefficient (Wildman–Crippen LogP) is 1.24. The van der Waals surface area contributed by atoms with E-state index in [1.54, 1.807) is 6.92 Å². The molecule has 1 aromatic rings. The van der Waals surface area contributed by atoms with Crippen LogP contribution < -0.4 is 5.73 Å².